The van der Waals surface area contributed by atoms with Gasteiger partial charge in [0.1, 0.15) is 17.4 Å². The van der Waals surface area contributed by atoms with Gasteiger partial charge in [-0.1, -0.05) is 42.5 Å². The summed E-state index contributed by atoms with van der Waals surface area (Å²) in [6.45, 7) is 2.61. The number of phenolic OH excluding ortho intramolecular Hbond substituents is 1. The van der Waals surface area contributed by atoms with E-state index in [1.807, 2.05) is 24.3 Å². The summed E-state index contributed by atoms with van der Waals surface area (Å²) in [5, 5.41) is 47.5. The molecule has 11 nitrogen and oxygen atoms in total. The van der Waals surface area contributed by atoms with Crippen molar-refractivity contribution in [3.05, 3.63) is 82.2 Å². The van der Waals surface area contributed by atoms with Crippen LogP contribution in [0.1, 0.15) is 41.3 Å². The van der Waals surface area contributed by atoms with E-state index in [9.17, 15) is 39.6 Å². The average molecular weight is 617 g/mol. The number of ketones is 2. The van der Waals surface area contributed by atoms with Crippen molar-refractivity contribution in [3.8, 4) is 5.75 Å². The second kappa shape index (κ2) is 11.6. The van der Waals surface area contributed by atoms with Crippen LogP contribution in [0, 0.1) is 29.6 Å². The van der Waals surface area contributed by atoms with E-state index >= 15 is 0 Å². The summed E-state index contributed by atoms with van der Waals surface area (Å²) in [6, 6.07) is 3.20. The largest absolute Gasteiger partial charge is 0.508 e. The number of rotatable bonds is 7. The number of allylic oxidation sites excluding steroid dienone is 8. The maximum absolute atomic E-state index is 14.0. The number of aliphatic hydroxyl groups excluding tert-OH is 2. The summed E-state index contributed by atoms with van der Waals surface area (Å²) in [4.78, 5) is 51.1. The molecule has 0 spiro atoms. The zero-order valence-electron chi connectivity index (χ0n) is 24.7. The van der Waals surface area contributed by atoms with Crippen LogP contribution in [0.25, 0.3) is 5.57 Å². The second-order valence-electron chi connectivity index (χ2n) is 12.3. The van der Waals surface area contributed by atoms with Crippen molar-refractivity contribution < 1.29 is 44.3 Å². The van der Waals surface area contributed by atoms with Gasteiger partial charge in [0.05, 0.1) is 24.8 Å². The van der Waals surface area contributed by atoms with Gasteiger partial charge in [-0.2, -0.15) is 0 Å². The van der Waals surface area contributed by atoms with Crippen LogP contribution in [0.15, 0.2) is 65.5 Å². The molecule has 0 bridgehead atoms. The number of ether oxygens (including phenoxy) is 1. The van der Waals surface area contributed by atoms with Crippen LogP contribution >= 0.6 is 0 Å². The molecule has 1 aromatic carbocycles. The number of aliphatic hydroxyl groups is 3. The Labute approximate surface area is 259 Å². The van der Waals surface area contributed by atoms with Crippen molar-refractivity contribution in [2.24, 2.45) is 35.3 Å². The molecule has 0 aromatic heterocycles. The molecular formula is C34H36N2O9. The highest BCUT2D eigenvalue weighted by Gasteiger charge is 2.62. The zero-order chi connectivity index (χ0) is 32.2. The fraction of sp³-hybridized carbons (Fsp3) is 0.412. The smallest absolute Gasteiger partial charge is 0.319 e. The fourth-order valence-corrected chi connectivity index (χ4v) is 7.84. The highest BCUT2D eigenvalue weighted by Crippen LogP contribution is 2.53. The van der Waals surface area contributed by atoms with E-state index in [1.165, 1.54) is 6.07 Å². The first-order chi connectivity index (χ1) is 21.5. The average Bonchev–Trinajstić information content (AvgIpc) is 2.99. The van der Waals surface area contributed by atoms with Gasteiger partial charge >= 0.3 is 5.97 Å². The van der Waals surface area contributed by atoms with Gasteiger partial charge in [-0.05, 0) is 60.4 Å². The number of nitrogens with one attached hydrogen (secondary N) is 1. The molecule has 5 aliphatic carbocycles. The van der Waals surface area contributed by atoms with Gasteiger partial charge in [0.15, 0.2) is 17.2 Å². The molecule has 1 fully saturated rings. The lowest BCUT2D eigenvalue weighted by atomic mass is 9.57. The molecule has 0 heterocycles. The van der Waals surface area contributed by atoms with E-state index in [1.54, 1.807) is 13.0 Å². The van der Waals surface area contributed by atoms with Crippen molar-refractivity contribution in [3.63, 3.8) is 0 Å². The molecule has 6 rings (SSSR count). The Morgan fingerprint density at radius 3 is 2.53 bits per heavy atom. The number of primary amides is 1. The molecular weight excluding hydrogens is 580 g/mol. The van der Waals surface area contributed by atoms with Crippen LogP contribution in [0.3, 0.4) is 0 Å². The minimum Gasteiger partial charge on any atom is -0.508 e. The van der Waals surface area contributed by atoms with Crippen LogP contribution < -0.4 is 11.1 Å². The van der Waals surface area contributed by atoms with Crippen molar-refractivity contribution in [1.29, 1.82) is 0 Å². The number of benzene rings is 1. The summed E-state index contributed by atoms with van der Waals surface area (Å²) < 4.78 is 5.00. The van der Waals surface area contributed by atoms with Crippen LogP contribution in [-0.2, 0) is 25.5 Å². The molecule has 7 N–H and O–H groups in total. The Bertz CT molecular complexity index is 1650. The topological polar surface area (TPSA) is 196 Å². The lowest BCUT2D eigenvalue weighted by Crippen LogP contribution is -2.63. The van der Waals surface area contributed by atoms with E-state index in [0.29, 0.717) is 18.7 Å². The van der Waals surface area contributed by atoms with Crippen molar-refractivity contribution in [2.75, 3.05) is 19.7 Å². The summed E-state index contributed by atoms with van der Waals surface area (Å²) in [7, 11) is 0. The number of aromatic hydroxyl groups is 1. The van der Waals surface area contributed by atoms with Gasteiger partial charge in [0, 0.05) is 29.9 Å². The molecule has 11 heteroatoms. The number of hydrogen-bond acceptors (Lipinski definition) is 10. The molecule has 0 radical (unpaired) electrons. The Morgan fingerprint density at radius 2 is 1.82 bits per heavy atom. The summed E-state index contributed by atoms with van der Waals surface area (Å²) in [5.41, 5.74) is 5.94. The number of nitrogens with two attached hydrogens (primary N) is 1. The molecule has 7 atom stereocenters. The predicted octanol–water partition coefficient (Wildman–Crippen LogP) is 1.58. The first-order valence-electron chi connectivity index (χ1n) is 15.2. The maximum Gasteiger partial charge on any atom is 0.319 e. The number of amides is 1. The van der Waals surface area contributed by atoms with E-state index < -0.39 is 52.7 Å². The summed E-state index contributed by atoms with van der Waals surface area (Å²) in [6.07, 6.45) is 10.8. The molecule has 1 aromatic rings. The van der Waals surface area contributed by atoms with Crippen LogP contribution in [0.4, 0.5) is 0 Å². The van der Waals surface area contributed by atoms with E-state index in [4.69, 9.17) is 10.5 Å². The van der Waals surface area contributed by atoms with Gasteiger partial charge in [0.25, 0.3) is 0 Å². The lowest BCUT2D eigenvalue weighted by molar-refractivity contribution is -0.167. The standard InChI is InChI=1S/C34H36N2O9/c1-2-45-26(39)15-36-14-16-7-8-21(20-6-4-3-5-19(16)20)22-9-10-24(37)28-23(22)12-17-11-18-13-25(38)29(33(35)43)32(42)34(18,44)31(41)27(17)30(28)40/h3-10,17-20,25,29,36-38,41,44H,2,11-15H2,1H3,(H2,35,43)/t17-,18+,19?,20?,25?,29?,34+/m1/s1. The van der Waals surface area contributed by atoms with E-state index in [2.05, 4.69) is 17.5 Å². The number of hydrogen-bond donors (Lipinski definition) is 6. The van der Waals surface area contributed by atoms with Crippen LogP contribution in [-0.4, -0.2) is 75.3 Å². The van der Waals surface area contributed by atoms with Crippen molar-refractivity contribution in [1.82, 2.24) is 5.32 Å². The maximum atomic E-state index is 14.0. The number of phenols is 1. The third-order valence-electron chi connectivity index (χ3n) is 9.89. The Hall–Kier alpha value is -4.32. The molecule has 0 saturated heterocycles. The number of carbonyl (C=O) groups excluding carboxylic acids is 4. The highest BCUT2D eigenvalue weighted by molar-refractivity contribution is 6.16. The first kappa shape index (κ1) is 30.7. The van der Waals surface area contributed by atoms with Crippen molar-refractivity contribution in [2.45, 2.75) is 37.9 Å². The Morgan fingerprint density at radius 1 is 1.09 bits per heavy atom. The molecule has 1 saturated carbocycles. The Kier molecular flexibility index (Phi) is 7.88. The van der Waals surface area contributed by atoms with Crippen LogP contribution in [0.5, 0.6) is 5.75 Å². The minimum absolute atomic E-state index is 0.0132. The van der Waals surface area contributed by atoms with Gasteiger partial charge in [-0.15, -0.1) is 0 Å². The minimum atomic E-state index is -2.55. The van der Waals surface area contributed by atoms with Gasteiger partial charge in [-0.25, -0.2) is 0 Å². The lowest BCUT2D eigenvalue weighted by Gasteiger charge is -2.48. The predicted molar refractivity (Wildman–Crippen MR) is 161 cm³/mol. The number of fused-ring (bicyclic) bond motifs is 4. The molecule has 1 amide bonds. The zero-order valence-corrected chi connectivity index (χ0v) is 24.7. The molecule has 4 unspecified atom stereocenters. The normalized spacial score (nSPS) is 31.7. The SMILES string of the molecule is CCOC(=O)CNCC1=CC=C(c2ccc(O)c3c2C[C@H]2C[C@H]4CC(O)C(C(N)=O)C(=O)[C@@]4(O)C(O)=C2C3=O)C2C=CC=CC12. The molecule has 5 aliphatic rings. The third-order valence-corrected chi connectivity index (χ3v) is 9.89. The summed E-state index contributed by atoms with van der Waals surface area (Å²) >= 11 is 0. The molecule has 45 heavy (non-hydrogen) atoms. The molecule has 0 aliphatic heterocycles. The first-order valence-corrected chi connectivity index (χ1v) is 15.2. The van der Waals surface area contributed by atoms with Gasteiger partial charge < -0.3 is 36.2 Å². The quantitative estimate of drug-likeness (QED) is 0.193. The summed E-state index contributed by atoms with van der Waals surface area (Å²) in [5.74, 6) is -7.82. The second-order valence-corrected chi connectivity index (χ2v) is 12.3. The number of carbonyl (C=O) groups is 4. The Balaban J connectivity index is 1.38. The number of Topliss-reactive ketones (excluding diaryl/α,β-unsaturated/α-hetero) is 2. The van der Waals surface area contributed by atoms with E-state index in [0.717, 1.165) is 16.7 Å². The monoisotopic (exact) mass is 616 g/mol. The molecule has 236 valence electrons. The van der Waals surface area contributed by atoms with Gasteiger partial charge in [0.2, 0.25) is 5.91 Å². The van der Waals surface area contributed by atoms with E-state index in [-0.39, 0.29) is 60.5 Å². The third kappa shape index (κ3) is 4.86. The van der Waals surface area contributed by atoms with Crippen LogP contribution in [0.2, 0.25) is 0 Å². The van der Waals surface area contributed by atoms with Crippen molar-refractivity contribution >= 4 is 29.0 Å². The number of esters is 1. The highest BCUT2D eigenvalue weighted by atomic mass is 16.5. The van der Waals surface area contributed by atoms with Gasteiger partial charge in [-0.3, -0.25) is 19.2 Å². The fourth-order valence-electron chi connectivity index (χ4n) is 7.84.